The van der Waals surface area contributed by atoms with E-state index in [0.29, 0.717) is 39.2 Å². The maximum atomic E-state index is 15.3. The van der Waals surface area contributed by atoms with Gasteiger partial charge in [-0.05, 0) is 142 Å². The third kappa shape index (κ3) is 23.9. The zero-order chi connectivity index (χ0) is 82.8. The van der Waals surface area contributed by atoms with Gasteiger partial charge in [-0.15, -0.1) is 0 Å². The Morgan fingerprint density at radius 2 is 1.19 bits per heavy atom. The number of nitrogens with two attached hydrogens (primary N) is 1. The summed E-state index contributed by atoms with van der Waals surface area (Å²) >= 11 is 2.52. The van der Waals surface area contributed by atoms with E-state index in [1.807, 2.05) is 18.2 Å². The molecule has 8 rings (SSSR count). The molecule has 113 heavy (non-hydrogen) atoms. The first-order chi connectivity index (χ1) is 53.4. The van der Waals surface area contributed by atoms with E-state index in [2.05, 4.69) is 73.8 Å². The number of phenolic OH excluding ortho intramolecular Hbond substituents is 2. The van der Waals surface area contributed by atoms with Gasteiger partial charge in [-0.25, -0.2) is 4.98 Å². The fraction of sp³-hybridized carbons (Fsp3) is 0.513. The number of phenols is 2. The molecule has 2 aromatic heterocycles. The van der Waals surface area contributed by atoms with E-state index in [1.54, 1.807) is 59.0 Å². The van der Waals surface area contributed by atoms with Crippen LogP contribution in [0.25, 0.3) is 11.0 Å². The molecular weight excluding hydrogens is 1500 g/mol. The van der Waals surface area contributed by atoms with Gasteiger partial charge in [-0.2, -0.15) is 23.5 Å². The molecule has 2 fully saturated rings. The number of thioether (sulfide) groups is 2. The highest BCUT2D eigenvalue weighted by Crippen LogP contribution is 2.28. The summed E-state index contributed by atoms with van der Waals surface area (Å²) in [4.78, 5) is 197. The number of benzene rings is 3. The number of nitrogens with one attached hydrogen (secondary N) is 13. The molecule has 19 N–H and O–H groups in total. The van der Waals surface area contributed by atoms with E-state index in [1.165, 1.54) is 118 Å². The van der Waals surface area contributed by atoms with Crippen molar-refractivity contribution in [2.24, 2.45) is 17.1 Å². The van der Waals surface area contributed by atoms with Gasteiger partial charge in [0.15, 0.2) is 0 Å². The molecule has 35 heteroatoms. The molecule has 3 aliphatic rings. The number of hydrogen-bond donors (Lipinski definition) is 18. The van der Waals surface area contributed by atoms with Crippen molar-refractivity contribution < 1.29 is 82.8 Å². The van der Waals surface area contributed by atoms with Gasteiger partial charge in [-0.3, -0.25) is 62.3 Å². The van der Waals surface area contributed by atoms with Crippen molar-refractivity contribution in [3.05, 3.63) is 125 Å². The number of pyridine rings is 1. The van der Waals surface area contributed by atoms with Gasteiger partial charge in [0.05, 0.1) is 12.2 Å². The fourth-order valence-corrected chi connectivity index (χ4v) is 15.4. The molecular formula is C78H106N16O17S2. The lowest BCUT2D eigenvalue weighted by atomic mass is 9.85. The van der Waals surface area contributed by atoms with Gasteiger partial charge >= 0.3 is 0 Å². The number of aliphatic hydroxyl groups excluding tert-OH is 2. The van der Waals surface area contributed by atoms with Crippen LogP contribution in [-0.2, 0) is 93.1 Å². The SMILES string of the molecule is CC(=O)N[C@H]1CSCc2cccc(c2)CSC[C@H](C(N)=O)NC(=O)[C@H]([C@@H](C)O)NC(=O)[C@](C)(C(C)C)NC(=O)[C@H](Cc2ccc(O)cc2)NC(=O)[C@H](C)NC(=O)C2(CCNCC2)NC(=O)[C@H](Cc2c[nH]c3ncccc23)NC(=O)[C@H]([C@@H](C)O)NC(=O)[C@@H]2CCCN2C(=O)[C@H](Cc2ccc(O)cc2)NC(=O)[C@H](C(C)(C)C)NC1=O. The summed E-state index contributed by atoms with van der Waals surface area (Å²) in [5.41, 5.74) is 4.46. The van der Waals surface area contributed by atoms with Gasteiger partial charge < -0.3 is 99.8 Å². The van der Waals surface area contributed by atoms with Gasteiger partial charge in [0, 0.05) is 73.5 Å². The highest BCUT2D eigenvalue weighted by atomic mass is 32.2. The number of hydrogen-bond acceptors (Lipinski definition) is 21. The van der Waals surface area contributed by atoms with E-state index in [-0.39, 0.29) is 87.6 Å². The molecule has 13 atom stereocenters. The van der Waals surface area contributed by atoms with Crippen molar-refractivity contribution in [2.75, 3.05) is 31.1 Å². The summed E-state index contributed by atoms with van der Waals surface area (Å²) in [6.07, 6.45) is -0.645. The van der Waals surface area contributed by atoms with Crippen LogP contribution in [0.5, 0.6) is 11.5 Å². The number of aromatic hydroxyl groups is 2. The lowest BCUT2D eigenvalue weighted by Crippen LogP contribution is -2.68. The summed E-state index contributed by atoms with van der Waals surface area (Å²) in [5.74, 6) is -11.7. The fourth-order valence-electron chi connectivity index (χ4n) is 13.4. The van der Waals surface area contributed by atoms with Crippen molar-refractivity contribution in [1.29, 1.82) is 0 Å². The van der Waals surface area contributed by atoms with Crippen molar-refractivity contribution in [3.8, 4) is 11.5 Å². The molecule has 0 radical (unpaired) electrons. The van der Waals surface area contributed by atoms with Gasteiger partial charge in [-0.1, -0.05) is 83.1 Å². The number of aliphatic hydroxyl groups is 2. The maximum absolute atomic E-state index is 15.3. The summed E-state index contributed by atoms with van der Waals surface area (Å²) < 4.78 is 0. The van der Waals surface area contributed by atoms with E-state index in [9.17, 15) is 68.4 Å². The highest BCUT2D eigenvalue weighted by Gasteiger charge is 2.48. The predicted molar refractivity (Wildman–Crippen MR) is 422 cm³/mol. The second kappa shape index (κ2) is 39.4. The first-order valence-electron chi connectivity index (χ1n) is 37.6. The van der Waals surface area contributed by atoms with Gasteiger partial charge in [0.1, 0.15) is 88.6 Å². The summed E-state index contributed by atoms with van der Waals surface area (Å²) in [5, 5.41) is 76.4. The number of primary amides is 1. The van der Waals surface area contributed by atoms with E-state index in [0.717, 1.165) is 11.1 Å². The first-order valence-corrected chi connectivity index (χ1v) is 39.9. The molecule has 5 heterocycles. The number of H-pyrrole nitrogens is 1. The molecule has 0 aliphatic carbocycles. The van der Waals surface area contributed by atoms with Crippen LogP contribution in [0.3, 0.4) is 0 Å². The number of piperidine rings is 1. The number of carbonyl (C=O) groups excluding carboxylic acids is 13. The second-order valence-electron chi connectivity index (χ2n) is 30.7. The van der Waals surface area contributed by atoms with Crippen LogP contribution < -0.4 is 69.5 Å². The zero-order valence-corrected chi connectivity index (χ0v) is 66.7. The Hall–Kier alpha value is -10.4. The van der Waals surface area contributed by atoms with E-state index >= 15 is 14.4 Å². The topological polar surface area (TPSA) is 505 Å². The predicted octanol–water partition coefficient (Wildman–Crippen LogP) is -0.362. The van der Waals surface area contributed by atoms with Gasteiger partial charge in [0.2, 0.25) is 76.8 Å². The number of nitrogens with zero attached hydrogens (tertiary/aromatic N) is 2. The molecule has 2 bridgehead atoms. The highest BCUT2D eigenvalue weighted by molar-refractivity contribution is 7.98. The number of rotatable bonds is 11. The Labute approximate surface area is 663 Å². The number of carbonyl (C=O) groups is 13. The minimum atomic E-state index is -1.91. The molecule has 1 spiro atoms. The summed E-state index contributed by atoms with van der Waals surface area (Å²) in [6, 6.07) is 7.56. The van der Waals surface area contributed by atoms with Crippen LogP contribution >= 0.6 is 23.5 Å². The monoisotopic (exact) mass is 1600 g/mol. The zero-order valence-electron chi connectivity index (χ0n) is 65.0. The van der Waals surface area contributed by atoms with Crippen LogP contribution in [0.4, 0.5) is 0 Å². The molecule has 13 amide bonds. The standard InChI is InChI=1S/C78H106N16O17S2/c1-41(2)77(10)74(110)90-61(44(5)96)71(107)88-57(63(79)100)39-112-37-48-14-11-15-49(32-48)38-113-40-58(84-45(6)97)66(102)91-62(76(7,8)9)72(108)87-56(34-47-20-24-52(99)25-21-47)73(109)94-31-13-17-59(94)69(105)89-60(43(4)95)70(106)86-55(35-50-36-82-64-53(50)16-12-28-81-64)68(104)93-78(26-29-80-30-27-78)75(111)83-42(3)65(101)85-54(67(103)92-77)33-46-18-22-51(98)23-19-46/h11-12,14-16,18-25,28,32,36,41-44,54-62,80,95-96,98-99H,13,17,26-27,29-31,33-35,37-40H2,1-10H3,(H2,79,100)(H,81,82)(H,83,111)(H,84,97)(H,85,101)(H,86,106)(H,87,108)(H,88,107)(H,89,105)(H,90,110)(H,91,102)(H,92,103)(H,93,104)/t42-,43+,44+,54-,55-,56-,57+,58-,59-,60-,61-,62+,77-/m0/s1. The molecule has 2 saturated heterocycles. The number of aromatic amines is 1. The molecule has 612 valence electrons. The maximum Gasteiger partial charge on any atom is 0.246 e. The molecule has 33 nitrogen and oxygen atoms in total. The quantitative estimate of drug-likeness (QED) is 0.0803. The largest absolute Gasteiger partial charge is 0.508 e. The van der Waals surface area contributed by atoms with Gasteiger partial charge in [0.25, 0.3) is 0 Å². The lowest BCUT2D eigenvalue weighted by Gasteiger charge is -2.39. The van der Waals surface area contributed by atoms with Crippen LogP contribution in [0, 0.1) is 11.3 Å². The second-order valence-corrected chi connectivity index (χ2v) is 32.7. The van der Waals surface area contributed by atoms with Crippen LogP contribution in [0.1, 0.15) is 123 Å². The Kier molecular flexibility index (Phi) is 30.8. The number of aromatic nitrogens is 2. The third-order valence-electron chi connectivity index (χ3n) is 20.4. The molecule has 5 aromatic rings. The van der Waals surface area contributed by atoms with Crippen molar-refractivity contribution >= 4 is 111 Å². The first kappa shape index (κ1) is 88.2. The number of fused-ring (bicyclic) bond motifs is 4. The smallest absolute Gasteiger partial charge is 0.246 e. The number of amides is 13. The molecule has 3 aromatic carbocycles. The molecule has 0 unspecified atom stereocenters. The summed E-state index contributed by atoms with van der Waals surface area (Å²) in [6.45, 7) is 15.0. The van der Waals surface area contributed by atoms with E-state index < -0.39 is 172 Å². The third-order valence-corrected chi connectivity index (χ3v) is 22.6. The Morgan fingerprint density at radius 3 is 1.78 bits per heavy atom. The van der Waals surface area contributed by atoms with Crippen LogP contribution in [-0.4, -0.2) is 227 Å². The van der Waals surface area contributed by atoms with Crippen molar-refractivity contribution in [3.63, 3.8) is 0 Å². The lowest BCUT2D eigenvalue weighted by molar-refractivity contribution is -0.143. The molecule has 0 saturated carbocycles. The van der Waals surface area contributed by atoms with E-state index in [4.69, 9.17) is 5.73 Å². The normalized spacial score (nSPS) is 26.0. The molecule has 3 aliphatic heterocycles. The minimum absolute atomic E-state index is 0.0120. The summed E-state index contributed by atoms with van der Waals surface area (Å²) in [7, 11) is 0. The Balaban J connectivity index is 1.14. The van der Waals surface area contributed by atoms with Crippen molar-refractivity contribution in [2.45, 2.75) is 209 Å². The Bertz CT molecular complexity index is 4270. The van der Waals surface area contributed by atoms with Crippen LogP contribution in [0.2, 0.25) is 0 Å². The Morgan fingerprint density at radius 1 is 0.637 bits per heavy atom. The average molecular weight is 1600 g/mol. The van der Waals surface area contributed by atoms with Crippen molar-refractivity contribution in [1.82, 2.24) is 78.7 Å². The minimum Gasteiger partial charge on any atom is -0.508 e. The van der Waals surface area contributed by atoms with Crippen LogP contribution in [0.15, 0.2) is 97.3 Å². The average Bonchev–Trinajstić information content (AvgIpc) is 1.19.